The zero-order chi connectivity index (χ0) is 19.9. The Bertz CT molecular complexity index is 723. The number of carbonyl (C=O) groups is 1. The van der Waals surface area contributed by atoms with E-state index in [0.717, 1.165) is 34.8 Å². The normalized spacial score (nSPS) is 12.6. The quantitative estimate of drug-likeness (QED) is 0.734. The van der Waals surface area contributed by atoms with Gasteiger partial charge in [0.25, 0.3) is 0 Å². The Kier molecular flexibility index (Phi) is 7.74. The number of carbonyl (C=O) groups excluding carboxylic acids is 1. The van der Waals surface area contributed by atoms with Gasteiger partial charge in [-0.15, -0.1) is 11.3 Å². The molecule has 0 aliphatic carbocycles. The van der Waals surface area contributed by atoms with Gasteiger partial charge < -0.3 is 14.8 Å². The summed E-state index contributed by atoms with van der Waals surface area (Å²) in [6.45, 7) is 8.06. The first-order valence-corrected chi connectivity index (χ1v) is 9.96. The summed E-state index contributed by atoms with van der Waals surface area (Å²) in [5, 5.41) is 6.06. The molecule has 0 saturated carbocycles. The van der Waals surface area contributed by atoms with Gasteiger partial charge in [-0.3, -0.25) is 4.98 Å². The third-order valence-electron chi connectivity index (χ3n) is 3.77. The number of rotatable bonds is 8. The minimum Gasteiger partial charge on any atom is -0.444 e. The molecule has 0 saturated heterocycles. The van der Waals surface area contributed by atoms with E-state index in [0.29, 0.717) is 13.0 Å². The Morgan fingerprint density at radius 2 is 2.11 bits per heavy atom. The van der Waals surface area contributed by atoms with Crippen LogP contribution in [0.1, 0.15) is 49.2 Å². The lowest BCUT2D eigenvalue weighted by molar-refractivity contribution is 0.0501. The van der Waals surface area contributed by atoms with E-state index in [4.69, 9.17) is 9.47 Å². The van der Waals surface area contributed by atoms with E-state index in [1.807, 2.05) is 51.4 Å². The molecule has 2 aromatic heterocycles. The molecule has 6 nitrogen and oxygen atoms in total. The van der Waals surface area contributed by atoms with Gasteiger partial charge in [-0.2, -0.15) is 0 Å². The Hall–Kier alpha value is -1.99. The van der Waals surface area contributed by atoms with Crippen molar-refractivity contribution in [3.05, 3.63) is 45.7 Å². The number of thiazole rings is 1. The molecular formula is C20H29N3O3S. The van der Waals surface area contributed by atoms with Crippen LogP contribution in [0.5, 0.6) is 0 Å². The number of amides is 1. The number of hydrogen-bond acceptors (Lipinski definition) is 6. The SMILES string of the molecule is COCc1csc(CC[C@H](Cc2ccc(C)nc2)NC(=O)OC(C)(C)C)n1. The highest BCUT2D eigenvalue weighted by molar-refractivity contribution is 7.09. The average molecular weight is 392 g/mol. The molecule has 2 heterocycles. The van der Waals surface area contributed by atoms with Crippen molar-refractivity contribution in [3.8, 4) is 0 Å². The maximum atomic E-state index is 12.2. The van der Waals surface area contributed by atoms with Gasteiger partial charge in [-0.05, 0) is 52.2 Å². The second-order valence-corrected chi connectivity index (χ2v) is 8.50. The van der Waals surface area contributed by atoms with Crippen molar-refractivity contribution in [1.29, 1.82) is 0 Å². The van der Waals surface area contributed by atoms with Crippen molar-refractivity contribution < 1.29 is 14.3 Å². The molecule has 148 valence electrons. The highest BCUT2D eigenvalue weighted by Gasteiger charge is 2.20. The van der Waals surface area contributed by atoms with E-state index in [1.165, 1.54) is 0 Å². The Balaban J connectivity index is 2.00. The van der Waals surface area contributed by atoms with Crippen LogP contribution in [-0.4, -0.2) is 34.8 Å². The van der Waals surface area contributed by atoms with Gasteiger partial charge in [-0.25, -0.2) is 9.78 Å². The van der Waals surface area contributed by atoms with E-state index >= 15 is 0 Å². The highest BCUT2D eigenvalue weighted by atomic mass is 32.1. The summed E-state index contributed by atoms with van der Waals surface area (Å²) in [6, 6.07) is 3.98. The zero-order valence-corrected chi connectivity index (χ0v) is 17.6. The summed E-state index contributed by atoms with van der Waals surface area (Å²) in [6.07, 6.45) is 3.72. The van der Waals surface area contributed by atoms with Crippen LogP contribution in [-0.2, 0) is 28.9 Å². The molecule has 0 unspecified atom stereocenters. The molecule has 0 aliphatic heterocycles. The monoisotopic (exact) mass is 391 g/mol. The van der Waals surface area contributed by atoms with Crippen LogP contribution in [0.3, 0.4) is 0 Å². The van der Waals surface area contributed by atoms with Gasteiger partial charge in [-0.1, -0.05) is 6.07 Å². The molecule has 1 N–H and O–H groups in total. The smallest absolute Gasteiger partial charge is 0.407 e. The van der Waals surface area contributed by atoms with Gasteiger partial charge >= 0.3 is 6.09 Å². The summed E-state index contributed by atoms with van der Waals surface area (Å²) in [5.41, 5.74) is 2.48. The number of aryl methyl sites for hydroxylation is 2. The van der Waals surface area contributed by atoms with Crippen LogP contribution in [0.2, 0.25) is 0 Å². The van der Waals surface area contributed by atoms with Crippen LogP contribution in [0.4, 0.5) is 4.79 Å². The number of ether oxygens (including phenoxy) is 2. The summed E-state index contributed by atoms with van der Waals surface area (Å²) >= 11 is 1.62. The highest BCUT2D eigenvalue weighted by Crippen LogP contribution is 2.16. The molecular weight excluding hydrogens is 362 g/mol. The molecule has 1 atom stereocenters. The Morgan fingerprint density at radius 3 is 2.74 bits per heavy atom. The van der Waals surface area contributed by atoms with Crippen LogP contribution >= 0.6 is 11.3 Å². The number of alkyl carbamates (subject to hydrolysis) is 1. The molecule has 27 heavy (non-hydrogen) atoms. The maximum Gasteiger partial charge on any atom is 0.407 e. The van der Waals surface area contributed by atoms with Crippen molar-refractivity contribution in [3.63, 3.8) is 0 Å². The van der Waals surface area contributed by atoms with Crippen LogP contribution in [0, 0.1) is 6.92 Å². The van der Waals surface area contributed by atoms with Crippen LogP contribution in [0.15, 0.2) is 23.7 Å². The summed E-state index contributed by atoms with van der Waals surface area (Å²) < 4.78 is 10.5. The first-order valence-electron chi connectivity index (χ1n) is 9.08. The van der Waals surface area contributed by atoms with E-state index in [1.54, 1.807) is 18.4 Å². The third-order valence-corrected chi connectivity index (χ3v) is 4.73. The molecule has 0 fully saturated rings. The second-order valence-electron chi connectivity index (χ2n) is 7.56. The lowest BCUT2D eigenvalue weighted by atomic mass is 10.0. The molecule has 0 spiro atoms. The number of pyridine rings is 1. The lowest BCUT2D eigenvalue weighted by Crippen LogP contribution is -2.40. The van der Waals surface area contributed by atoms with E-state index in [9.17, 15) is 4.79 Å². The fourth-order valence-electron chi connectivity index (χ4n) is 2.58. The van der Waals surface area contributed by atoms with Crippen molar-refractivity contribution in [2.24, 2.45) is 0 Å². The fourth-order valence-corrected chi connectivity index (χ4v) is 3.38. The average Bonchev–Trinajstić information content (AvgIpc) is 3.01. The Labute approximate surface area is 165 Å². The summed E-state index contributed by atoms with van der Waals surface area (Å²) in [5.74, 6) is 0. The van der Waals surface area contributed by atoms with Crippen molar-refractivity contribution in [2.45, 2.75) is 65.2 Å². The topological polar surface area (TPSA) is 73.3 Å². The summed E-state index contributed by atoms with van der Waals surface area (Å²) in [4.78, 5) is 21.1. The van der Waals surface area contributed by atoms with Crippen molar-refractivity contribution in [1.82, 2.24) is 15.3 Å². The molecule has 0 bridgehead atoms. The van der Waals surface area contributed by atoms with Gasteiger partial charge in [0, 0.05) is 36.8 Å². The molecule has 2 rings (SSSR count). The molecule has 1 amide bonds. The molecule has 7 heteroatoms. The first kappa shape index (κ1) is 21.3. The molecule has 2 aromatic rings. The van der Waals surface area contributed by atoms with Crippen LogP contribution in [0.25, 0.3) is 0 Å². The van der Waals surface area contributed by atoms with E-state index in [-0.39, 0.29) is 6.04 Å². The van der Waals surface area contributed by atoms with E-state index < -0.39 is 11.7 Å². The van der Waals surface area contributed by atoms with Crippen LogP contribution < -0.4 is 5.32 Å². The second kappa shape index (κ2) is 9.80. The minimum absolute atomic E-state index is 0.0564. The molecule has 0 radical (unpaired) electrons. The number of nitrogens with zero attached hydrogens (tertiary/aromatic N) is 2. The van der Waals surface area contributed by atoms with Gasteiger partial charge in [0.05, 0.1) is 17.3 Å². The lowest BCUT2D eigenvalue weighted by Gasteiger charge is -2.23. The number of hydrogen-bond donors (Lipinski definition) is 1. The predicted molar refractivity (Wildman–Crippen MR) is 107 cm³/mol. The number of nitrogens with one attached hydrogen (secondary N) is 1. The van der Waals surface area contributed by atoms with E-state index in [2.05, 4.69) is 15.3 Å². The molecule has 0 aromatic carbocycles. The maximum absolute atomic E-state index is 12.2. The largest absolute Gasteiger partial charge is 0.444 e. The fraction of sp³-hybridized carbons (Fsp3) is 0.550. The number of aromatic nitrogens is 2. The van der Waals surface area contributed by atoms with Gasteiger partial charge in [0.15, 0.2) is 0 Å². The van der Waals surface area contributed by atoms with Gasteiger partial charge in [0.2, 0.25) is 0 Å². The Morgan fingerprint density at radius 1 is 1.33 bits per heavy atom. The zero-order valence-electron chi connectivity index (χ0n) is 16.7. The minimum atomic E-state index is -0.523. The summed E-state index contributed by atoms with van der Waals surface area (Å²) in [7, 11) is 1.66. The first-order chi connectivity index (χ1) is 12.7. The van der Waals surface area contributed by atoms with Gasteiger partial charge in [0.1, 0.15) is 5.60 Å². The number of methoxy groups -OCH3 is 1. The standard InChI is InChI=1S/C20H29N3O3S/c1-14-6-7-15(11-21-14)10-16(23-19(24)26-20(2,3)4)8-9-18-22-17(12-25-5)13-27-18/h6-7,11,13,16H,8-10,12H2,1-5H3,(H,23,24)/t16-/m1/s1. The predicted octanol–water partition coefficient (Wildman–Crippen LogP) is 4.06. The van der Waals surface area contributed by atoms with Crippen molar-refractivity contribution >= 4 is 17.4 Å². The molecule has 0 aliphatic rings. The van der Waals surface area contributed by atoms with Crippen molar-refractivity contribution in [2.75, 3.05) is 7.11 Å². The third kappa shape index (κ3) is 8.05.